The number of hydrogen-bond acceptors (Lipinski definition) is 4. The van der Waals surface area contributed by atoms with E-state index < -0.39 is 5.41 Å². The second kappa shape index (κ2) is 5.64. The molecule has 94 valence electrons. The van der Waals surface area contributed by atoms with Gasteiger partial charge in [0.05, 0.1) is 18.6 Å². The molecule has 1 aliphatic heterocycles. The number of carbonyl (C=O) groups excluding carboxylic acids is 1. The fourth-order valence-electron chi connectivity index (χ4n) is 1.40. The normalized spacial score (nSPS) is 25.8. The number of esters is 1. The van der Waals surface area contributed by atoms with Gasteiger partial charge in [-0.3, -0.25) is 4.79 Å². The molecule has 0 aromatic carbocycles. The van der Waals surface area contributed by atoms with Crippen molar-refractivity contribution in [2.45, 2.75) is 40.4 Å². The van der Waals surface area contributed by atoms with Gasteiger partial charge in [-0.15, -0.1) is 0 Å². The van der Waals surface area contributed by atoms with Crippen LogP contribution < -0.4 is 0 Å². The molecule has 0 amide bonds. The molecule has 0 saturated carbocycles. The van der Waals surface area contributed by atoms with Crippen LogP contribution in [0.5, 0.6) is 0 Å². The van der Waals surface area contributed by atoms with Crippen LogP contribution in [0.1, 0.15) is 34.1 Å². The largest absolute Gasteiger partial charge is 0.463 e. The summed E-state index contributed by atoms with van der Waals surface area (Å²) in [5.41, 5.74) is -0.447. The van der Waals surface area contributed by atoms with Crippen molar-refractivity contribution >= 4 is 5.97 Å². The summed E-state index contributed by atoms with van der Waals surface area (Å²) in [7, 11) is 0. The summed E-state index contributed by atoms with van der Waals surface area (Å²) in [6, 6.07) is 0. The standard InChI is InChI=1S/C12H22O4/c1-9-5-6-14-10(9)15-7-8-16-11(13)12(2,3)4/h9-10H,5-8H2,1-4H3/t9-,10-/m1/s1. The molecule has 4 heteroatoms. The molecule has 0 unspecified atom stereocenters. The first-order chi connectivity index (χ1) is 7.41. The molecule has 0 aromatic rings. The van der Waals surface area contributed by atoms with Gasteiger partial charge < -0.3 is 14.2 Å². The summed E-state index contributed by atoms with van der Waals surface area (Å²) in [6.45, 7) is 9.04. The predicted molar refractivity (Wildman–Crippen MR) is 59.9 cm³/mol. The lowest BCUT2D eigenvalue weighted by molar-refractivity contribution is -0.163. The summed E-state index contributed by atoms with van der Waals surface area (Å²) in [6.07, 6.45) is 0.903. The average Bonchev–Trinajstić information content (AvgIpc) is 2.57. The Hall–Kier alpha value is -0.610. The molecule has 0 N–H and O–H groups in total. The van der Waals surface area contributed by atoms with Crippen LogP contribution in [0.15, 0.2) is 0 Å². The third-order valence-electron chi connectivity index (χ3n) is 2.53. The van der Waals surface area contributed by atoms with E-state index >= 15 is 0 Å². The minimum absolute atomic E-state index is 0.131. The van der Waals surface area contributed by atoms with Crippen LogP contribution in [0.2, 0.25) is 0 Å². The summed E-state index contributed by atoms with van der Waals surface area (Å²) in [5.74, 6) is 0.231. The Morgan fingerprint density at radius 3 is 2.56 bits per heavy atom. The van der Waals surface area contributed by atoms with E-state index in [1.165, 1.54) is 0 Å². The predicted octanol–water partition coefficient (Wildman–Crippen LogP) is 1.97. The zero-order valence-corrected chi connectivity index (χ0v) is 10.6. The lowest BCUT2D eigenvalue weighted by Crippen LogP contribution is -2.26. The van der Waals surface area contributed by atoms with E-state index in [2.05, 4.69) is 6.92 Å². The third-order valence-corrected chi connectivity index (χ3v) is 2.53. The quantitative estimate of drug-likeness (QED) is 0.547. The van der Waals surface area contributed by atoms with Crippen LogP contribution in [-0.2, 0) is 19.0 Å². The summed E-state index contributed by atoms with van der Waals surface area (Å²) in [4.78, 5) is 11.4. The van der Waals surface area contributed by atoms with Gasteiger partial charge in [0.1, 0.15) is 6.61 Å². The van der Waals surface area contributed by atoms with Crippen LogP contribution >= 0.6 is 0 Å². The number of carbonyl (C=O) groups is 1. The molecule has 0 aromatic heterocycles. The number of hydrogen-bond donors (Lipinski definition) is 0. The van der Waals surface area contributed by atoms with Gasteiger partial charge in [0.25, 0.3) is 0 Å². The molecule has 0 aliphatic carbocycles. The second-order valence-corrected chi connectivity index (χ2v) is 5.26. The molecule has 1 rings (SSSR count). The van der Waals surface area contributed by atoms with Crippen LogP contribution in [0.3, 0.4) is 0 Å². The first kappa shape index (κ1) is 13.5. The van der Waals surface area contributed by atoms with E-state index in [1.807, 2.05) is 20.8 Å². The van der Waals surface area contributed by atoms with Crippen molar-refractivity contribution in [2.24, 2.45) is 11.3 Å². The van der Waals surface area contributed by atoms with Gasteiger partial charge in [-0.05, 0) is 27.2 Å². The zero-order valence-electron chi connectivity index (χ0n) is 10.6. The highest BCUT2D eigenvalue weighted by molar-refractivity contribution is 5.75. The molecule has 2 atom stereocenters. The Labute approximate surface area is 97.2 Å². The van der Waals surface area contributed by atoms with Crippen LogP contribution in [0, 0.1) is 11.3 Å². The smallest absolute Gasteiger partial charge is 0.311 e. The molecule has 0 radical (unpaired) electrons. The Kier molecular flexibility index (Phi) is 4.74. The van der Waals surface area contributed by atoms with Gasteiger partial charge in [0.15, 0.2) is 6.29 Å². The van der Waals surface area contributed by atoms with Crippen molar-refractivity contribution in [1.29, 1.82) is 0 Å². The Morgan fingerprint density at radius 2 is 2.06 bits per heavy atom. The third kappa shape index (κ3) is 4.10. The fraction of sp³-hybridized carbons (Fsp3) is 0.917. The zero-order chi connectivity index (χ0) is 12.2. The molecule has 0 spiro atoms. The molecule has 1 saturated heterocycles. The second-order valence-electron chi connectivity index (χ2n) is 5.26. The Bertz CT molecular complexity index is 232. The Morgan fingerprint density at radius 1 is 1.38 bits per heavy atom. The summed E-state index contributed by atoms with van der Waals surface area (Å²) < 4.78 is 15.9. The maximum absolute atomic E-state index is 11.4. The van der Waals surface area contributed by atoms with E-state index in [9.17, 15) is 4.79 Å². The molecule has 0 bridgehead atoms. The van der Waals surface area contributed by atoms with E-state index in [0.717, 1.165) is 13.0 Å². The molecule has 1 fully saturated rings. The summed E-state index contributed by atoms with van der Waals surface area (Å²) in [5, 5.41) is 0. The average molecular weight is 230 g/mol. The van der Waals surface area contributed by atoms with Crippen LogP contribution in [0.4, 0.5) is 0 Å². The lowest BCUT2D eigenvalue weighted by Gasteiger charge is -2.18. The highest BCUT2D eigenvalue weighted by Crippen LogP contribution is 2.20. The SMILES string of the molecule is C[C@@H]1CCO[C@@H]1OCCOC(=O)C(C)(C)C. The molecule has 16 heavy (non-hydrogen) atoms. The van der Waals surface area contributed by atoms with Crippen molar-refractivity contribution < 1.29 is 19.0 Å². The van der Waals surface area contributed by atoms with E-state index in [0.29, 0.717) is 19.1 Å². The summed E-state index contributed by atoms with van der Waals surface area (Å²) >= 11 is 0. The maximum atomic E-state index is 11.4. The molecular formula is C12H22O4. The van der Waals surface area contributed by atoms with E-state index in [-0.39, 0.29) is 12.3 Å². The monoisotopic (exact) mass is 230 g/mol. The van der Waals surface area contributed by atoms with Crippen molar-refractivity contribution in [3.8, 4) is 0 Å². The van der Waals surface area contributed by atoms with Crippen molar-refractivity contribution in [1.82, 2.24) is 0 Å². The van der Waals surface area contributed by atoms with Gasteiger partial charge in [0, 0.05) is 5.92 Å². The lowest BCUT2D eigenvalue weighted by atomic mass is 9.97. The maximum Gasteiger partial charge on any atom is 0.311 e. The van der Waals surface area contributed by atoms with Crippen LogP contribution in [-0.4, -0.2) is 32.1 Å². The van der Waals surface area contributed by atoms with Crippen molar-refractivity contribution in [3.05, 3.63) is 0 Å². The molecule has 4 nitrogen and oxygen atoms in total. The van der Waals surface area contributed by atoms with E-state index in [4.69, 9.17) is 14.2 Å². The first-order valence-corrected chi connectivity index (χ1v) is 5.81. The number of ether oxygens (including phenoxy) is 3. The van der Waals surface area contributed by atoms with Gasteiger partial charge in [-0.25, -0.2) is 0 Å². The first-order valence-electron chi connectivity index (χ1n) is 5.81. The van der Waals surface area contributed by atoms with Gasteiger partial charge >= 0.3 is 5.97 Å². The topological polar surface area (TPSA) is 44.8 Å². The highest BCUT2D eigenvalue weighted by Gasteiger charge is 2.25. The molecule has 1 aliphatic rings. The van der Waals surface area contributed by atoms with Crippen molar-refractivity contribution in [3.63, 3.8) is 0 Å². The van der Waals surface area contributed by atoms with E-state index in [1.54, 1.807) is 0 Å². The highest BCUT2D eigenvalue weighted by atomic mass is 16.7. The molecule has 1 heterocycles. The number of rotatable bonds is 4. The van der Waals surface area contributed by atoms with Gasteiger partial charge in [-0.1, -0.05) is 6.92 Å². The Balaban J connectivity index is 2.10. The fourth-order valence-corrected chi connectivity index (χ4v) is 1.40. The molecular weight excluding hydrogens is 208 g/mol. The van der Waals surface area contributed by atoms with Crippen LogP contribution in [0.25, 0.3) is 0 Å². The minimum Gasteiger partial charge on any atom is -0.463 e. The van der Waals surface area contributed by atoms with Gasteiger partial charge in [-0.2, -0.15) is 0 Å². The minimum atomic E-state index is -0.447. The van der Waals surface area contributed by atoms with Gasteiger partial charge in [0.2, 0.25) is 0 Å². The van der Waals surface area contributed by atoms with Crippen molar-refractivity contribution in [2.75, 3.05) is 19.8 Å².